The fourth-order valence-corrected chi connectivity index (χ4v) is 3.79. The van der Waals surface area contributed by atoms with Crippen LogP contribution in [0.1, 0.15) is 11.7 Å². The van der Waals surface area contributed by atoms with Crippen LogP contribution in [-0.2, 0) is 4.79 Å². The first-order chi connectivity index (χ1) is 14.2. The molecule has 6 heteroatoms. The van der Waals surface area contributed by atoms with Crippen molar-refractivity contribution < 1.29 is 4.79 Å². The molecule has 0 bridgehead atoms. The van der Waals surface area contributed by atoms with E-state index in [1.807, 2.05) is 77.9 Å². The molecule has 0 saturated carbocycles. The van der Waals surface area contributed by atoms with Crippen molar-refractivity contribution in [3.8, 4) is 0 Å². The predicted octanol–water partition coefficient (Wildman–Crippen LogP) is 4.73. The molecule has 2 aliphatic rings. The first-order valence-corrected chi connectivity index (χ1v) is 9.62. The van der Waals surface area contributed by atoms with Crippen LogP contribution < -0.4 is 10.6 Å². The number of amides is 1. The first-order valence-electron chi connectivity index (χ1n) is 9.24. The zero-order valence-electron chi connectivity index (χ0n) is 15.3. The van der Waals surface area contributed by atoms with Gasteiger partial charge in [-0.25, -0.2) is 0 Å². The SMILES string of the molecule is O=C(Nc1cccc2cnccc12)C1=C2C=CC=CN2C(c2ccc(Cl)cc2)N1. The Hall–Kier alpha value is -3.57. The second-order valence-corrected chi connectivity index (χ2v) is 7.26. The van der Waals surface area contributed by atoms with Crippen LogP contribution in [0.5, 0.6) is 0 Å². The summed E-state index contributed by atoms with van der Waals surface area (Å²) in [6, 6.07) is 15.3. The molecule has 2 aliphatic heterocycles. The smallest absolute Gasteiger partial charge is 0.273 e. The molecule has 3 aromatic rings. The van der Waals surface area contributed by atoms with Gasteiger partial charge in [-0.1, -0.05) is 41.9 Å². The normalized spacial score (nSPS) is 17.4. The number of carbonyl (C=O) groups excluding carboxylic acids is 1. The van der Waals surface area contributed by atoms with Crippen molar-refractivity contribution in [3.05, 3.63) is 107 Å². The molecular formula is C23H17ClN4O. The molecule has 29 heavy (non-hydrogen) atoms. The summed E-state index contributed by atoms with van der Waals surface area (Å²) in [4.78, 5) is 19.4. The molecule has 2 aromatic carbocycles. The third kappa shape index (κ3) is 3.15. The zero-order valence-corrected chi connectivity index (χ0v) is 16.1. The first kappa shape index (κ1) is 17.5. The van der Waals surface area contributed by atoms with Crippen LogP contribution in [0.25, 0.3) is 10.8 Å². The minimum Gasteiger partial charge on any atom is -0.355 e. The van der Waals surface area contributed by atoms with E-state index in [-0.39, 0.29) is 12.1 Å². The third-order valence-corrected chi connectivity index (χ3v) is 5.30. The maximum Gasteiger partial charge on any atom is 0.273 e. The highest BCUT2D eigenvalue weighted by atomic mass is 35.5. The Morgan fingerprint density at radius 3 is 2.83 bits per heavy atom. The molecule has 5 nitrogen and oxygen atoms in total. The molecule has 1 amide bonds. The van der Waals surface area contributed by atoms with Crippen molar-refractivity contribution in [2.24, 2.45) is 0 Å². The van der Waals surface area contributed by atoms with E-state index in [0.29, 0.717) is 10.7 Å². The van der Waals surface area contributed by atoms with Crippen LogP contribution in [0.3, 0.4) is 0 Å². The van der Waals surface area contributed by atoms with E-state index in [1.165, 1.54) is 0 Å². The lowest BCUT2D eigenvalue weighted by Crippen LogP contribution is -2.28. The van der Waals surface area contributed by atoms with E-state index < -0.39 is 0 Å². The highest BCUT2D eigenvalue weighted by Gasteiger charge is 2.34. The number of rotatable bonds is 3. The van der Waals surface area contributed by atoms with Gasteiger partial charge in [-0.2, -0.15) is 0 Å². The van der Waals surface area contributed by atoms with Crippen LogP contribution in [0, 0.1) is 0 Å². The van der Waals surface area contributed by atoms with Crippen molar-refractivity contribution in [2.75, 3.05) is 5.32 Å². The maximum atomic E-state index is 13.2. The molecule has 3 heterocycles. The molecule has 0 saturated heterocycles. The number of anilines is 1. The van der Waals surface area contributed by atoms with Crippen LogP contribution in [0.2, 0.25) is 5.02 Å². The maximum absolute atomic E-state index is 13.2. The fourth-order valence-electron chi connectivity index (χ4n) is 3.66. The summed E-state index contributed by atoms with van der Waals surface area (Å²) in [6.07, 6.45) is 11.1. The molecule has 0 radical (unpaired) electrons. The van der Waals surface area contributed by atoms with E-state index >= 15 is 0 Å². The Morgan fingerprint density at radius 1 is 1.10 bits per heavy atom. The topological polar surface area (TPSA) is 57.3 Å². The third-order valence-electron chi connectivity index (χ3n) is 5.05. The molecule has 2 N–H and O–H groups in total. The number of fused-ring (bicyclic) bond motifs is 2. The van der Waals surface area contributed by atoms with Crippen molar-refractivity contribution >= 4 is 34.0 Å². The Balaban J connectivity index is 1.48. The number of hydrogen-bond acceptors (Lipinski definition) is 4. The standard InChI is InChI=1S/C23H17ClN4O/c24-17-9-7-15(8-10-17)22-27-21(20-6-1-2-13-28(20)22)23(29)26-19-5-3-4-16-14-25-12-11-18(16)19/h1-14,22,27H,(H,26,29). The van der Waals surface area contributed by atoms with Crippen molar-refractivity contribution in [1.82, 2.24) is 15.2 Å². The number of hydrogen-bond donors (Lipinski definition) is 2. The summed E-state index contributed by atoms with van der Waals surface area (Å²) < 4.78 is 0. The van der Waals surface area contributed by atoms with Gasteiger partial charge < -0.3 is 15.5 Å². The van der Waals surface area contributed by atoms with E-state index in [1.54, 1.807) is 12.4 Å². The van der Waals surface area contributed by atoms with E-state index in [0.717, 1.165) is 27.7 Å². The monoisotopic (exact) mass is 400 g/mol. The number of halogens is 1. The molecular weight excluding hydrogens is 384 g/mol. The van der Waals surface area contributed by atoms with Gasteiger partial charge >= 0.3 is 0 Å². The van der Waals surface area contributed by atoms with E-state index in [2.05, 4.69) is 15.6 Å². The van der Waals surface area contributed by atoms with Crippen LogP contribution in [0.4, 0.5) is 5.69 Å². The van der Waals surface area contributed by atoms with Gasteiger partial charge in [0, 0.05) is 40.1 Å². The molecule has 1 atom stereocenters. The van der Waals surface area contributed by atoms with Gasteiger partial charge in [0.05, 0.1) is 5.70 Å². The summed E-state index contributed by atoms with van der Waals surface area (Å²) in [7, 11) is 0. The summed E-state index contributed by atoms with van der Waals surface area (Å²) in [5.74, 6) is -0.189. The average molecular weight is 401 g/mol. The highest BCUT2D eigenvalue weighted by Crippen LogP contribution is 2.35. The Labute approximate surface area is 173 Å². The molecule has 5 rings (SSSR count). The largest absolute Gasteiger partial charge is 0.355 e. The lowest BCUT2D eigenvalue weighted by atomic mass is 10.1. The second kappa shape index (κ2) is 7.11. The summed E-state index contributed by atoms with van der Waals surface area (Å²) >= 11 is 6.03. The number of aromatic nitrogens is 1. The number of carbonyl (C=O) groups is 1. The number of nitrogens with one attached hydrogen (secondary N) is 2. The predicted molar refractivity (Wildman–Crippen MR) is 115 cm³/mol. The van der Waals surface area contributed by atoms with Crippen molar-refractivity contribution in [1.29, 1.82) is 0 Å². The number of pyridine rings is 1. The Morgan fingerprint density at radius 2 is 1.97 bits per heavy atom. The average Bonchev–Trinajstić information content (AvgIpc) is 3.14. The fraction of sp³-hybridized carbons (Fsp3) is 0.0435. The van der Waals surface area contributed by atoms with Crippen molar-refractivity contribution in [3.63, 3.8) is 0 Å². The molecule has 1 unspecified atom stereocenters. The van der Waals surface area contributed by atoms with Gasteiger partial charge in [0.25, 0.3) is 5.91 Å². The Kier molecular flexibility index (Phi) is 4.30. The van der Waals surface area contributed by atoms with Gasteiger partial charge in [0.1, 0.15) is 11.9 Å². The van der Waals surface area contributed by atoms with E-state index in [4.69, 9.17) is 11.6 Å². The lowest BCUT2D eigenvalue weighted by Gasteiger charge is -2.26. The van der Waals surface area contributed by atoms with E-state index in [9.17, 15) is 4.79 Å². The molecule has 142 valence electrons. The van der Waals surface area contributed by atoms with Gasteiger partial charge in [0.2, 0.25) is 0 Å². The minimum atomic E-state index is -0.189. The number of allylic oxidation sites excluding steroid dienone is 3. The van der Waals surface area contributed by atoms with Gasteiger partial charge in [-0.05, 0) is 42.0 Å². The summed E-state index contributed by atoms with van der Waals surface area (Å²) in [5.41, 5.74) is 3.12. The molecule has 0 aliphatic carbocycles. The molecule has 0 spiro atoms. The summed E-state index contributed by atoms with van der Waals surface area (Å²) in [5, 5.41) is 9.02. The molecule has 1 aromatic heterocycles. The van der Waals surface area contributed by atoms with Crippen molar-refractivity contribution in [2.45, 2.75) is 6.17 Å². The van der Waals surface area contributed by atoms with Gasteiger partial charge in [-0.15, -0.1) is 0 Å². The highest BCUT2D eigenvalue weighted by molar-refractivity contribution is 6.30. The van der Waals surface area contributed by atoms with Crippen LogP contribution in [0.15, 0.2) is 96.7 Å². The van der Waals surface area contributed by atoms with Crippen LogP contribution in [-0.4, -0.2) is 15.8 Å². The van der Waals surface area contributed by atoms with Gasteiger partial charge in [0.15, 0.2) is 0 Å². The molecule has 0 fully saturated rings. The lowest BCUT2D eigenvalue weighted by molar-refractivity contribution is -0.113. The number of benzene rings is 2. The summed E-state index contributed by atoms with van der Waals surface area (Å²) in [6.45, 7) is 0. The number of nitrogens with zero attached hydrogens (tertiary/aromatic N) is 2. The zero-order chi connectivity index (χ0) is 19.8. The Bertz CT molecular complexity index is 1190. The van der Waals surface area contributed by atoms with Gasteiger partial charge in [-0.3, -0.25) is 9.78 Å². The quantitative estimate of drug-likeness (QED) is 0.667. The minimum absolute atomic E-state index is 0.180. The second-order valence-electron chi connectivity index (χ2n) is 6.82. The van der Waals surface area contributed by atoms with Crippen LogP contribution >= 0.6 is 11.6 Å².